The molecule has 0 amide bonds. The van der Waals surface area contributed by atoms with Gasteiger partial charge in [0.05, 0.1) is 58.9 Å². The molecule has 0 bridgehead atoms. The third kappa shape index (κ3) is 10.2. The largest absolute Gasteiger partial charge is 0.497 e. The molecule has 1 aliphatic heterocycles. The molecule has 7 rings (SSSR count). The molecule has 6 aromatic rings. The van der Waals surface area contributed by atoms with Crippen LogP contribution in [0.2, 0.25) is 0 Å². The summed E-state index contributed by atoms with van der Waals surface area (Å²) in [7, 11) is 1.35. The van der Waals surface area contributed by atoms with Gasteiger partial charge in [-0.1, -0.05) is 84.9 Å². The number of nitrogens with zero attached hydrogens (tertiary/aromatic N) is 6. The molecule has 2 aromatic heterocycles. The molecule has 0 saturated carbocycles. The first kappa shape index (κ1) is 45.5. The lowest BCUT2D eigenvalue weighted by Crippen LogP contribution is -2.53. The van der Waals surface area contributed by atoms with Crippen LogP contribution in [0.4, 0.5) is 10.2 Å². The molecule has 0 aliphatic carbocycles. The highest BCUT2D eigenvalue weighted by Gasteiger charge is 2.48. The van der Waals surface area contributed by atoms with Gasteiger partial charge in [0.25, 0.3) is 8.53 Å². The number of ether oxygens (including phenoxy) is 4. The number of nitrogens with one attached hydrogen (secondary N) is 1. The van der Waals surface area contributed by atoms with Crippen molar-refractivity contribution in [3.63, 3.8) is 0 Å². The molecule has 2 unspecified atom stereocenters. The SMILES string of the molecule is COc1ccc(C(OC[C@H]2OC[C@@H](n3cnc4c(NCc5ccccc5)ncnc43)[C@@H](F)C2OP(OCCC#N)N(C(C)C)C(C)C)(c2ccccc2)c2ccc(OC)cc2)cc1. The van der Waals surface area contributed by atoms with Crippen LogP contribution in [0, 0.1) is 11.3 Å². The second kappa shape index (κ2) is 21.2. The number of nitriles is 1. The number of anilines is 1. The molecule has 0 spiro atoms. The topological polar surface area (TPSA) is 138 Å². The third-order valence-electron chi connectivity index (χ3n) is 11.1. The standard InChI is InChI=1S/C48H55FN7O6P/c1-33(2)56(34(3)4)63(61-27-13-26-50)62-45-42(59-29-41(43(45)49)55-32-54-44-46(52-31-53-47(44)55)51-28-35-14-9-7-10-15-35)30-60-48(36-16-11-8-12-17-36,37-18-22-39(57-5)23-19-37)38-20-24-40(58-6)25-21-38/h7-12,14-25,31-34,41-43,45H,13,27-30H2,1-6H3,(H,51,52,53)/t41-,42-,43-,45?,63?/m1/s1. The summed E-state index contributed by atoms with van der Waals surface area (Å²) in [6, 6.07) is 36.5. The van der Waals surface area contributed by atoms with Crippen LogP contribution in [0.3, 0.4) is 0 Å². The molecule has 0 radical (unpaired) electrons. The van der Waals surface area contributed by atoms with Gasteiger partial charge in [0, 0.05) is 18.6 Å². The zero-order chi connectivity index (χ0) is 44.3. The average Bonchev–Trinajstić information content (AvgIpc) is 3.75. The summed E-state index contributed by atoms with van der Waals surface area (Å²) in [5, 5.41) is 12.8. The fourth-order valence-corrected chi connectivity index (χ4v) is 9.79. The monoisotopic (exact) mass is 875 g/mol. The first-order chi connectivity index (χ1) is 30.7. The Kier molecular flexibility index (Phi) is 15.3. The van der Waals surface area contributed by atoms with E-state index in [0.717, 1.165) is 22.3 Å². The molecule has 4 aromatic carbocycles. The number of fused-ring (bicyclic) bond motifs is 1. The molecule has 330 valence electrons. The molecule has 63 heavy (non-hydrogen) atoms. The molecule has 1 fully saturated rings. The maximum atomic E-state index is 18.0. The highest BCUT2D eigenvalue weighted by molar-refractivity contribution is 7.44. The van der Waals surface area contributed by atoms with Crippen LogP contribution in [0.5, 0.6) is 11.5 Å². The molecule has 5 atom stereocenters. The number of alkyl halides is 1. The van der Waals surface area contributed by atoms with Crippen LogP contribution in [0.25, 0.3) is 11.2 Å². The average molecular weight is 876 g/mol. The zero-order valence-corrected chi connectivity index (χ0v) is 37.4. The fourth-order valence-electron chi connectivity index (χ4n) is 8.02. The van der Waals surface area contributed by atoms with E-state index in [0.29, 0.717) is 35.0 Å². The van der Waals surface area contributed by atoms with Gasteiger partial charge in [-0.3, -0.25) is 0 Å². The minimum absolute atomic E-state index is 0.0294. The molecular weight excluding hydrogens is 821 g/mol. The number of imidazole rings is 1. The first-order valence-electron chi connectivity index (χ1n) is 21.1. The molecule has 1 N–H and O–H groups in total. The maximum Gasteiger partial charge on any atom is 0.259 e. The Labute approximate surface area is 370 Å². The zero-order valence-electron chi connectivity index (χ0n) is 36.5. The van der Waals surface area contributed by atoms with Crippen molar-refractivity contribution in [2.45, 2.75) is 82.8 Å². The molecule has 1 aliphatic rings. The lowest BCUT2D eigenvalue weighted by Gasteiger charge is -2.44. The highest BCUT2D eigenvalue weighted by atomic mass is 31.2. The lowest BCUT2D eigenvalue weighted by molar-refractivity contribution is -0.162. The van der Waals surface area contributed by atoms with Gasteiger partial charge in [-0.2, -0.15) is 5.26 Å². The third-order valence-corrected chi connectivity index (χ3v) is 13.2. The minimum atomic E-state index is -1.90. The van der Waals surface area contributed by atoms with Gasteiger partial charge >= 0.3 is 0 Å². The van der Waals surface area contributed by atoms with Crippen molar-refractivity contribution >= 4 is 25.5 Å². The number of hydrogen-bond donors (Lipinski definition) is 1. The van der Waals surface area contributed by atoms with Crippen LogP contribution in [-0.4, -0.2) is 88.7 Å². The lowest BCUT2D eigenvalue weighted by atomic mass is 9.80. The van der Waals surface area contributed by atoms with Crippen LogP contribution >= 0.6 is 8.53 Å². The van der Waals surface area contributed by atoms with Crippen molar-refractivity contribution in [2.24, 2.45) is 0 Å². The number of benzene rings is 4. The van der Waals surface area contributed by atoms with Crippen molar-refractivity contribution in [1.29, 1.82) is 5.26 Å². The van der Waals surface area contributed by atoms with Gasteiger partial charge in [-0.05, 0) is 74.2 Å². The Hall–Kier alpha value is -5.52. The number of aromatic nitrogens is 4. The van der Waals surface area contributed by atoms with E-state index in [-0.39, 0.29) is 38.3 Å². The van der Waals surface area contributed by atoms with Crippen molar-refractivity contribution in [3.05, 3.63) is 144 Å². The summed E-state index contributed by atoms with van der Waals surface area (Å²) in [6.07, 6.45) is -0.606. The van der Waals surface area contributed by atoms with E-state index in [2.05, 4.69) is 31.0 Å². The van der Waals surface area contributed by atoms with Crippen molar-refractivity contribution in [2.75, 3.05) is 39.4 Å². The Morgan fingerprint density at radius 1 is 0.857 bits per heavy atom. The first-order valence-corrected chi connectivity index (χ1v) is 22.3. The highest BCUT2D eigenvalue weighted by Crippen LogP contribution is 2.50. The Morgan fingerprint density at radius 3 is 2.05 bits per heavy atom. The van der Waals surface area contributed by atoms with Crippen LogP contribution in [0.1, 0.15) is 62.4 Å². The molecule has 13 nitrogen and oxygen atoms in total. The van der Waals surface area contributed by atoms with E-state index in [1.807, 2.05) is 137 Å². The van der Waals surface area contributed by atoms with Crippen molar-refractivity contribution in [3.8, 4) is 17.6 Å². The van der Waals surface area contributed by atoms with E-state index in [9.17, 15) is 5.26 Å². The number of halogens is 1. The van der Waals surface area contributed by atoms with Crippen LogP contribution < -0.4 is 14.8 Å². The Balaban J connectivity index is 1.28. The van der Waals surface area contributed by atoms with E-state index in [1.165, 1.54) is 6.33 Å². The van der Waals surface area contributed by atoms with Gasteiger partial charge < -0.3 is 37.9 Å². The number of hydrogen-bond acceptors (Lipinski definition) is 12. The Morgan fingerprint density at radius 2 is 1.46 bits per heavy atom. The second-order valence-corrected chi connectivity index (χ2v) is 17.1. The molecule has 15 heteroatoms. The number of rotatable bonds is 20. The van der Waals surface area contributed by atoms with Crippen LogP contribution in [0.15, 0.2) is 122 Å². The van der Waals surface area contributed by atoms with Crippen molar-refractivity contribution in [1.82, 2.24) is 24.2 Å². The molecule has 1 saturated heterocycles. The van der Waals surface area contributed by atoms with Crippen LogP contribution in [-0.2, 0) is 30.7 Å². The second-order valence-electron chi connectivity index (χ2n) is 15.7. The van der Waals surface area contributed by atoms with Gasteiger partial charge in [0.2, 0.25) is 0 Å². The van der Waals surface area contributed by atoms with E-state index < -0.39 is 38.5 Å². The van der Waals surface area contributed by atoms with Gasteiger partial charge in [-0.25, -0.2) is 24.0 Å². The smallest absolute Gasteiger partial charge is 0.259 e. The fraction of sp³-hybridized carbons (Fsp3) is 0.375. The number of methoxy groups -OCH3 is 2. The van der Waals surface area contributed by atoms with Gasteiger partial charge in [0.15, 0.2) is 17.6 Å². The Bertz CT molecular complexity index is 2330. The summed E-state index contributed by atoms with van der Waals surface area (Å²) < 4.78 is 60.1. The normalized spacial score (nSPS) is 18.4. The summed E-state index contributed by atoms with van der Waals surface area (Å²) in [5.41, 5.74) is 3.30. The predicted molar refractivity (Wildman–Crippen MR) is 241 cm³/mol. The quantitative estimate of drug-likeness (QED) is 0.0444. The summed E-state index contributed by atoms with van der Waals surface area (Å²) >= 11 is 0. The summed E-state index contributed by atoms with van der Waals surface area (Å²) in [4.78, 5) is 13.7. The summed E-state index contributed by atoms with van der Waals surface area (Å²) in [5.74, 6) is 1.90. The van der Waals surface area contributed by atoms with Gasteiger partial charge in [-0.15, -0.1) is 0 Å². The van der Waals surface area contributed by atoms with E-state index in [1.54, 1.807) is 25.1 Å². The van der Waals surface area contributed by atoms with Gasteiger partial charge in [0.1, 0.15) is 41.2 Å². The predicted octanol–water partition coefficient (Wildman–Crippen LogP) is 9.40. The van der Waals surface area contributed by atoms with Crippen molar-refractivity contribution < 1.29 is 32.4 Å². The summed E-state index contributed by atoms with van der Waals surface area (Å²) in [6.45, 7) is 8.67. The molecular formula is C48H55FN7O6P. The molecule has 3 heterocycles. The van der Waals surface area contributed by atoms with E-state index >= 15 is 4.39 Å². The maximum absolute atomic E-state index is 18.0. The van der Waals surface area contributed by atoms with E-state index in [4.69, 9.17) is 28.0 Å². The minimum Gasteiger partial charge on any atom is -0.497 e.